The minimum atomic E-state index is -0.191. The predicted molar refractivity (Wildman–Crippen MR) is 133 cm³/mol. The lowest BCUT2D eigenvalue weighted by Gasteiger charge is -2.11. The molecule has 4 aromatic carbocycles. The van der Waals surface area contributed by atoms with Gasteiger partial charge in [0.1, 0.15) is 0 Å². The number of hydrazine groups is 1. The van der Waals surface area contributed by atoms with Crippen LogP contribution >= 0.6 is 0 Å². The van der Waals surface area contributed by atoms with Gasteiger partial charge in [0.15, 0.2) is 0 Å². The van der Waals surface area contributed by atoms with Gasteiger partial charge in [-0.05, 0) is 86.6 Å². The third-order valence-electron chi connectivity index (χ3n) is 5.03. The molecule has 0 fully saturated rings. The highest BCUT2D eigenvalue weighted by molar-refractivity contribution is 5.95. The van der Waals surface area contributed by atoms with Gasteiger partial charge in [-0.15, -0.1) is 0 Å². The number of rotatable bonds is 7. The zero-order valence-corrected chi connectivity index (χ0v) is 18.1. The maximum atomic E-state index is 12.4. The molecule has 4 N–H and O–H groups in total. The average Bonchev–Trinajstić information content (AvgIpc) is 2.82. The number of aryl methyl sites for hydroxylation is 2. The average molecular weight is 423 g/mol. The zero-order valence-electron chi connectivity index (χ0n) is 18.1. The molecular weight excluding hydrogens is 396 g/mol. The lowest BCUT2D eigenvalue weighted by atomic mass is 10.2. The van der Waals surface area contributed by atoms with Crippen LogP contribution in [0.2, 0.25) is 0 Å². The monoisotopic (exact) mass is 422 g/mol. The molecule has 0 saturated heterocycles. The molecule has 5 nitrogen and oxygen atoms in total. The van der Waals surface area contributed by atoms with E-state index >= 15 is 0 Å². The van der Waals surface area contributed by atoms with Crippen LogP contribution in [0.4, 0.5) is 28.4 Å². The minimum absolute atomic E-state index is 0.191. The van der Waals surface area contributed by atoms with E-state index < -0.39 is 0 Å². The second-order valence-electron chi connectivity index (χ2n) is 7.72. The number of benzene rings is 4. The largest absolute Gasteiger partial charge is 0.356 e. The third kappa shape index (κ3) is 5.67. The number of hydrogen-bond donors (Lipinski definition) is 4. The van der Waals surface area contributed by atoms with Crippen molar-refractivity contribution < 1.29 is 4.79 Å². The van der Waals surface area contributed by atoms with Crippen molar-refractivity contribution in [3.8, 4) is 0 Å². The molecule has 4 rings (SSSR count). The Morgan fingerprint density at radius 2 is 0.844 bits per heavy atom. The van der Waals surface area contributed by atoms with Crippen LogP contribution < -0.4 is 21.5 Å². The Kier molecular flexibility index (Phi) is 6.37. The van der Waals surface area contributed by atoms with E-state index in [1.165, 1.54) is 11.1 Å². The molecule has 0 unspecified atom stereocenters. The summed E-state index contributed by atoms with van der Waals surface area (Å²) in [6, 6.07) is 31.6. The molecule has 32 heavy (non-hydrogen) atoms. The third-order valence-corrected chi connectivity index (χ3v) is 5.03. The van der Waals surface area contributed by atoms with Gasteiger partial charge < -0.3 is 10.6 Å². The molecule has 0 aliphatic rings. The molecule has 0 aliphatic heterocycles. The number of hydrogen-bond acceptors (Lipinski definition) is 4. The fraction of sp³-hybridized carbons (Fsp3) is 0.0741. The first-order chi connectivity index (χ1) is 15.5. The van der Waals surface area contributed by atoms with Gasteiger partial charge in [-0.1, -0.05) is 35.4 Å². The van der Waals surface area contributed by atoms with Crippen molar-refractivity contribution in [3.05, 3.63) is 114 Å². The summed E-state index contributed by atoms with van der Waals surface area (Å²) in [5.74, 6) is -0.191. The Bertz CT molecular complexity index is 1170. The number of nitrogens with one attached hydrogen (secondary N) is 4. The summed E-state index contributed by atoms with van der Waals surface area (Å²) in [4.78, 5) is 12.4. The fourth-order valence-electron chi connectivity index (χ4n) is 3.15. The van der Waals surface area contributed by atoms with Crippen LogP contribution in [0.3, 0.4) is 0 Å². The normalized spacial score (nSPS) is 10.3. The Labute approximate surface area is 188 Å². The van der Waals surface area contributed by atoms with Crippen molar-refractivity contribution in [1.29, 1.82) is 0 Å². The number of anilines is 5. The van der Waals surface area contributed by atoms with E-state index in [9.17, 15) is 4.79 Å². The quantitative estimate of drug-likeness (QED) is 0.255. The lowest BCUT2D eigenvalue weighted by molar-refractivity contribution is 0.0962. The van der Waals surface area contributed by atoms with Crippen LogP contribution in [0, 0.1) is 13.8 Å². The Morgan fingerprint density at radius 3 is 1.28 bits per heavy atom. The SMILES string of the molecule is Cc1ccc(NNC(=O)c2ccc(Nc3ccc(Nc4ccc(C)cc4)cc3)cc2)cc1. The highest BCUT2D eigenvalue weighted by Gasteiger charge is 2.05. The molecule has 5 heteroatoms. The molecule has 0 radical (unpaired) electrons. The number of carbonyl (C=O) groups is 1. The fourth-order valence-corrected chi connectivity index (χ4v) is 3.15. The Morgan fingerprint density at radius 1 is 0.500 bits per heavy atom. The van der Waals surface area contributed by atoms with Crippen LogP contribution in [-0.2, 0) is 0 Å². The maximum Gasteiger partial charge on any atom is 0.269 e. The van der Waals surface area contributed by atoms with Gasteiger partial charge in [-0.3, -0.25) is 15.6 Å². The molecule has 0 bridgehead atoms. The van der Waals surface area contributed by atoms with Crippen LogP contribution in [0.1, 0.15) is 21.5 Å². The molecule has 4 aromatic rings. The van der Waals surface area contributed by atoms with E-state index in [0.29, 0.717) is 5.56 Å². The summed E-state index contributed by atoms with van der Waals surface area (Å²) in [7, 11) is 0. The molecule has 0 saturated carbocycles. The van der Waals surface area contributed by atoms with Crippen molar-refractivity contribution >= 4 is 34.3 Å². The minimum Gasteiger partial charge on any atom is -0.356 e. The Balaban J connectivity index is 1.31. The van der Waals surface area contributed by atoms with E-state index in [1.807, 2.05) is 67.6 Å². The highest BCUT2D eigenvalue weighted by Crippen LogP contribution is 2.22. The number of carbonyl (C=O) groups excluding carboxylic acids is 1. The van der Waals surface area contributed by atoms with Gasteiger partial charge in [0, 0.05) is 28.3 Å². The van der Waals surface area contributed by atoms with E-state index in [4.69, 9.17) is 0 Å². The van der Waals surface area contributed by atoms with Gasteiger partial charge in [0.05, 0.1) is 5.69 Å². The maximum absolute atomic E-state index is 12.4. The van der Waals surface area contributed by atoms with Crippen LogP contribution in [0.25, 0.3) is 0 Å². The molecule has 0 aliphatic carbocycles. The molecule has 0 atom stereocenters. The van der Waals surface area contributed by atoms with Crippen molar-refractivity contribution in [1.82, 2.24) is 5.43 Å². The van der Waals surface area contributed by atoms with Crippen molar-refractivity contribution in [2.24, 2.45) is 0 Å². The first kappa shape index (κ1) is 21.0. The molecule has 160 valence electrons. The molecular formula is C27H26N4O. The van der Waals surface area contributed by atoms with E-state index in [1.54, 1.807) is 12.1 Å². The van der Waals surface area contributed by atoms with Crippen molar-refractivity contribution in [2.45, 2.75) is 13.8 Å². The molecule has 0 spiro atoms. The van der Waals surface area contributed by atoms with Crippen molar-refractivity contribution in [2.75, 3.05) is 16.1 Å². The zero-order chi connectivity index (χ0) is 22.3. The molecule has 0 aromatic heterocycles. The summed E-state index contributed by atoms with van der Waals surface area (Å²) >= 11 is 0. The lowest BCUT2D eigenvalue weighted by Crippen LogP contribution is -2.29. The second kappa shape index (κ2) is 9.71. The smallest absolute Gasteiger partial charge is 0.269 e. The van der Waals surface area contributed by atoms with Gasteiger partial charge >= 0.3 is 0 Å². The molecule has 0 heterocycles. The topological polar surface area (TPSA) is 65.2 Å². The van der Waals surface area contributed by atoms with Crippen LogP contribution in [0.15, 0.2) is 97.1 Å². The number of amides is 1. The van der Waals surface area contributed by atoms with E-state index in [0.717, 1.165) is 28.4 Å². The van der Waals surface area contributed by atoms with Gasteiger partial charge in [0.2, 0.25) is 0 Å². The van der Waals surface area contributed by atoms with Crippen LogP contribution in [0.5, 0.6) is 0 Å². The predicted octanol–water partition coefficient (Wildman–Crippen LogP) is 6.55. The highest BCUT2D eigenvalue weighted by atomic mass is 16.2. The van der Waals surface area contributed by atoms with E-state index in [2.05, 4.69) is 52.7 Å². The summed E-state index contributed by atoms with van der Waals surface area (Å²) in [5, 5.41) is 6.75. The second-order valence-corrected chi connectivity index (χ2v) is 7.72. The van der Waals surface area contributed by atoms with E-state index in [-0.39, 0.29) is 5.91 Å². The van der Waals surface area contributed by atoms with Crippen LogP contribution in [-0.4, -0.2) is 5.91 Å². The summed E-state index contributed by atoms with van der Waals surface area (Å²) in [6.07, 6.45) is 0. The van der Waals surface area contributed by atoms with Gasteiger partial charge in [-0.25, -0.2) is 0 Å². The standard InChI is InChI=1S/C27H26N4O/c1-19-3-9-22(10-4-19)28-24-15-17-25(18-16-24)29-23-13-7-21(8-14-23)27(32)31-30-26-11-5-20(2)6-12-26/h3-18,28-30H,1-2H3,(H,31,32). The first-order valence-corrected chi connectivity index (χ1v) is 10.5. The first-order valence-electron chi connectivity index (χ1n) is 10.5. The molecule has 1 amide bonds. The van der Waals surface area contributed by atoms with Gasteiger partial charge in [0.25, 0.3) is 5.91 Å². The van der Waals surface area contributed by atoms with Gasteiger partial charge in [-0.2, -0.15) is 0 Å². The van der Waals surface area contributed by atoms with Crippen molar-refractivity contribution in [3.63, 3.8) is 0 Å². The summed E-state index contributed by atoms with van der Waals surface area (Å²) < 4.78 is 0. The Hall–Kier alpha value is -4.25. The summed E-state index contributed by atoms with van der Waals surface area (Å²) in [6.45, 7) is 4.10. The summed E-state index contributed by atoms with van der Waals surface area (Å²) in [5.41, 5.74) is 13.4.